The van der Waals surface area contributed by atoms with E-state index in [0.29, 0.717) is 12.6 Å². The lowest BCUT2D eigenvalue weighted by atomic mass is 10.1. The van der Waals surface area contributed by atoms with E-state index in [1.165, 1.54) is 0 Å². The molecule has 0 radical (unpaired) electrons. The first-order valence-corrected chi connectivity index (χ1v) is 7.93. The second-order valence-electron chi connectivity index (χ2n) is 5.61. The maximum atomic E-state index is 6.00. The Morgan fingerprint density at radius 1 is 1.41 bits per heavy atom. The first-order chi connectivity index (χ1) is 10.8. The second kappa shape index (κ2) is 7.35. The Morgan fingerprint density at radius 2 is 2.36 bits per heavy atom. The van der Waals surface area contributed by atoms with E-state index in [9.17, 15) is 0 Å². The number of hydrogen-bond donors (Lipinski definition) is 0. The molecule has 1 atom stereocenters. The van der Waals surface area contributed by atoms with Crippen molar-refractivity contribution in [3.05, 3.63) is 36.0 Å². The SMILES string of the molecule is CCCc1nnc(N2CCCC(OCc3cccnc3)C2)o1. The van der Waals surface area contributed by atoms with Crippen LogP contribution in [0.15, 0.2) is 28.9 Å². The van der Waals surface area contributed by atoms with Gasteiger partial charge in [-0.25, -0.2) is 0 Å². The van der Waals surface area contributed by atoms with E-state index >= 15 is 0 Å². The van der Waals surface area contributed by atoms with Crippen LogP contribution in [0.2, 0.25) is 0 Å². The van der Waals surface area contributed by atoms with Crippen molar-refractivity contribution in [1.29, 1.82) is 0 Å². The first kappa shape index (κ1) is 15.0. The van der Waals surface area contributed by atoms with Crippen molar-refractivity contribution in [1.82, 2.24) is 15.2 Å². The van der Waals surface area contributed by atoms with Crippen LogP contribution in [0.5, 0.6) is 0 Å². The second-order valence-corrected chi connectivity index (χ2v) is 5.61. The zero-order valence-electron chi connectivity index (χ0n) is 12.9. The average Bonchev–Trinajstić information content (AvgIpc) is 3.03. The molecule has 0 saturated carbocycles. The highest BCUT2D eigenvalue weighted by atomic mass is 16.5. The molecule has 1 fully saturated rings. The number of piperidine rings is 1. The highest BCUT2D eigenvalue weighted by Crippen LogP contribution is 2.21. The van der Waals surface area contributed by atoms with Gasteiger partial charge in [-0.3, -0.25) is 4.98 Å². The summed E-state index contributed by atoms with van der Waals surface area (Å²) in [7, 11) is 0. The number of anilines is 1. The van der Waals surface area contributed by atoms with Crippen LogP contribution >= 0.6 is 0 Å². The molecule has 6 heteroatoms. The van der Waals surface area contributed by atoms with E-state index in [2.05, 4.69) is 27.0 Å². The highest BCUT2D eigenvalue weighted by Gasteiger charge is 2.24. The molecule has 0 spiro atoms. The van der Waals surface area contributed by atoms with E-state index in [1.807, 2.05) is 18.3 Å². The fourth-order valence-electron chi connectivity index (χ4n) is 2.63. The normalized spacial score (nSPS) is 18.6. The van der Waals surface area contributed by atoms with Crippen molar-refractivity contribution in [2.24, 2.45) is 0 Å². The lowest BCUT2D eigenvalue weighted by Gasteiger charge is -2.31. The molecule has 0 aromatic carbocycles. The van der Waals surface area contributed by atoms with E-state index < -0.39 is 0 Å². The zero-order valence-corrected chi connectivity index (χ0v) is 12.9. The Balaban J connectivity index is 1.54. The Bertz CT molecular complexity index is 573. The van der Waals surface area contributed by atoms with E-state index in [0.717, 1.165) is 50.2 Å². The third kappa shape index (κ3) is 3.82. The largest absolute Gasteiger partial charge is 0.408 e. The quantitative estimate of drug-likeness (QED) is 0.817. The number of nitrogens with zero attached hydrogens (tertiary/aromatic N) is 4. The van der Waals surface area contributed by atoms with Gasteiger partial charge >= 0.3 is 6.01 Å². The maximum absolute atomic E-state index is 6.00. The molecule has 0 aliphatic carbocycles. The van der Waals surface area contributed by atoms with E-state index in [-0.39, 0.29) is 6.10 Å². The maximum Gasteiger partial charge on any atom is 0.318 e. The lowest BCUT2D eigenvalue weighted by molar-refractivity contribution is 0.0305. The van der Waals surface area contributed by atoms with Crippen molar-refractivity contribution in [2.45, 2.75) is 45.3 Å². The van der Waals surface area contributed by atoms with Crippen LogP contribution in [0, 0.1) is 0 Å². The molecule has 2 aromatic heterocycles. The Hall–Kier alpha value is -1.95. The van der Waals surface area contributed by atoms with E-state index in [4.69, 9.17) is 9.15 Å². The molecule has 1 unspecified atom stereocenters. The molecular weight excluding hydrogens is 280 g/mol. The van der Waals surface area contributed by atoms with Gasteiger partial charge in [-0.15, -0.1) is 5.10 Å². The number of rotatable bonds is 6. The number of aromatic nitrogens is 3. The number of pyridine rings is 1. The zero-order chi connectivity index (χ0) is 15.2. The van der Waals surface area contributed by atoms with Crippen LogP contribution in [0.25, 0.3) is 0 Å². The smallest absolute Gasteiger partial charge is 0.318 e. The van der Waals surface area contributed by atoms with Crippen molar-refractivity contribution in [3.8, 4) is 0 Å². The number of aryl methyl sites for hydroxylation is 1. The molecule has 0 amide bonds. The number of hydrogen-bond acceptors (Lipinski definition) is 6. The molecule has 1 saturated heterocycles. The summed E-state index contributed by atoms with van der Waals surface area (Å²) >= 11 is 0. The summed E-state index contributed by atoms with van der Waals surface area (Å²) in [5, 5.41) is 8.25. The molecule has 2 aromatic rings. The minimum atomic E-state index is 0.190. The van der Waals surface area contributed by atoms with Gasteiger partial charge in [0.1, 0.15) is 0 Å². The van der Waals surface area contributed by atoms with Crippen molar-refractivity contribution in [3.63, 3.8) is 0 Å². The lowest BCUT2D eigenvalue weighted by Crippen LogP contribution is -2.39. The van der Waals surface area contributed by atoms with Gasteiger partial charge in [0.15, 0.2) is 0 Å². The minimum absolute atomic E-state index is 0.190. The number of ether oxygens (including phenoxy) is 1. The van der Waals surface area contributed by atoms with Gasteiger partial charge in [0.25, 0.3) is 0 Å². The summed E-state index contributed by atoms with van der Waals surface area (Å²) in [6, 6.07) is 4.58. The molecule has 0 bridgehead atoms. The van der Waals surface area contributed by atoms with Crippen molar-refractivity contribution < 1.29 is 9.15 Å². The molecule has 0 N–H and O–H groups in total. The minimum Gasteiger partial charge on any atom is -0.408 e. The summed E-state index contributed by atoms with van der Waals surface area (Å²) in [6.07, 6.45) is 7.79. The molecule has 118 valence electrons. The van der Waals surface area contributed by atoms with Gasteiger partial charge in [0.05, 0.1) is 12.7 Å². The van der Waals surface area contributed by atoms with Crippen LogP contribution in [0.4, 0.5) is 6.01 Å². The van der Waals surface area contributed by atoms with Crippen molar-refractivity contribution >= 4 is 6.01 Å². The molecular formula is C16H22N4O2. The summed E-state index contributed by atoms with van der Waals surface area (Å²) in [4.78, 5) is 6.24. The summed E-state index contributed by atoms with van der Waals surface area (Å²) < 4.78 is 11.7. The Morgan fingerprint density at radius 3 is 3.18 bits per heavy atom. The van der Waals surface area contributed by atoms with Crippen LogP contribution in [0.1, 0.15) is 37.6 Å². The Kier molecular flexibility index (Phi) is 5.00. The van der Waals surface area contributed by atoms with Crippen LogP contribution in [-0.2, 0) is 17.8 Å². The molecule has 6 nitrogen and oxygen atoms in total. The van der Waals surface area contributed by atoms with Gasteiger partial charge in [-0.05, 0) is 30.9 Å². The predicted molar refractivity (Wildman–Crippen MR) is 82.6 cm³/mol. The summed E-state index contributed by atoms with van der Waals surface area (Å²) in [6.45, 7) is 4.44. The molecule has 1 aliphatic heterocycles. The predicted octanol–water partition coefficient (Wildman–Crippen LogP) is 2.60. The summed E-state index contributed by atoms with van der Waals surface area (Å²) in [5.41, 5.74) is 1.10. The Labute approximate surface area is 130 Å². The van der Waals surface area contributed by atoms with Gasteiger partial charge in [0, 0.05) is 31.9 Å². The van der Waals surface area contributed by atoms with Crippen LogP contribution in [0.3, 0.4) is 0 Å². The highest BCUT2D eigenvalue weighted by molar-refractivity contribution is 5.25. The fourth-order valence-corrected chi connectivity index (χ4v) is 2.63. The monoisotopic (exact) mass is 302 g/mol. The van der Waals surface area contributed by atoms with E-state index in [1.54, 1.807) is 6.20 Å². The molecule has 3 heterocycles. The van der Waals surface area contributed by atoms with Gasteiger partial charge in [-0.2, -0.15) is 0 Å². The van der Waals surface area contributed by atoms with Gasteiger partial charge in [0.2, 0.25) is 5.89 Å². The molecule has 3 rings (SSSR count). The average molecular weight is 302 g/mol. The standard InChI is InChI=1S/C16H22N4O2/c1-2-5-15-18-19-16(22-15)20-9-4-7-14(11-20)21-12-13-6-3-8-17-10-13/h3,6,8,10,14H,2,4-5,7,9,11-12H2,1H3. The fraction of sp³-hybridized carbons (Fsp3) is 0.562. The molecule has 22 heavy (non-hydrogen) atoms. The third-order valence-corrected chi connectivity index (χ3v) is 3.78. The van der Waals surface area contributed by atoms with Crippen LogP contribution < -0.4 is 4.90 Å². The van der Waals surface area contributed by atoms with Gasteiger partial charge in [-0.1, -0.05) is 18.1 Å². The van der Waals surface area contributed by atoms with Crippen LogP contribution in [-0.4, -0.2) is 34.4 Å². The summed E-state index contributed by atoms with van der Waals surface area (Å²) in [5.74, 6) is 0.718. The van der Waals surface area contributed by atoms with Crippen molar-refractivity contribution in [2.75, 3.05) is 18.0 Å². The molecule has 1 aliphatic rings. The van der Waals surface area contributed by atoms with Gasteiger partial charge < -0.3 is 14.1 Å². The topological polar surface area (TPSA) is 64.3 Å². The third-order valence-electron chi connectivity index (χ3n) is 3.78. The first-order valence-electron chi connectivity index (χ1n) is 7.93.